The molecule has 1 saturated heterocycles. The van der Waals surface area contributed by atoms with Crippen LogP contribution < -0.4 is 0 Å². The van der Waals surface area contributed by atoms with E-state index in [1.54, 1.807) is 0 Å². The van der Waals surface area contributed by atoms with Crippen molar-refractivity contribution in [2.45, 2.75) is 19.3 Å². The average Bonchev–Trinajstić information content (AvgIpc) is 2.35. The molecule has 1 aromatic carbocycles. The van der Waals surface area contributed by atoms with Crippen molar-refractivity contribution in [1.29, 1.82) is 5.26 Å². The van der Waals surface area contributed by atoms with Gasteiger partial charge in [0.15, 0.2) is 0 Å². The Morgan fingerprint density at radius 3 is 3.00 bits per heavy atom. The maximum absolute atomic E-state index is 13.2. The van der Waals surface area contributed by atoms with E-state index in [2.05, 4.69) is 6.07 Å². The van der Waals surface area contributed by atoms with Crippen molar-refractivity contribution >= 4 is 11.6 Å². The van der Waals surface area contributed by atoms with Crippen LogP contribution in [-0.2, 0) is 11.2 Å². The molecule has 1 heterocycles. The second-order valence-electron chi connectivity index (χ2n) is 4.46. The molecule has 1 atom stereocenters. The van der Waals surface area contributed by atoms with Crippen LogP contribution >= 0.6 is 11.6 Å². The molecule has 17 heavy (non-hydrogen) atoms. The van der Waals surface area contributed by atoms with Crippen molar-refractivity contribution in [2.75, 3.05) is 13.2 Å². The van der Waals surface area contributed by atoms with Crippen LogP contribution in [0, 0.1) is 22.6 Å². The van der Waals surface area contributed by atoms with Gasteiger partial charge in [0.05, 0.1) is 18.1 Å². The molecule has 0 saturated carbocycles. The number of ether oxygens (including phenoxy) is 1. The number of nitrogens with zero attached hydrogens (tertiary/aromatic N) is 1. The molecule has 4 heteroatoms. The van der Waals surface area contributed by atoms with Crippen LogP contribution in [0.15, 0.2) is 18.2 Å². The third-order valence-electron chi connectivity index (χ3n) is 3.10. The Bertz CT molecular complexity index is 449. The number of halogens is 2. The Kier molecular flexibility index (Phi) is 3.66. The SMILES string of the molecule is N#CC1(Cc2cc(F)ccc2Cl)CCCOC1. The summed E-state index contributed by atoms with van der Waals surface area (Å²) in [6.07, 6.45) is 2.08. The lowest BCUT2D eigenvalue weighted by atomic mass is 9.78. The molecular weight excluding hydrogens is 241 g/mol. The molecule has 0 bridgehead atoms. The highest BCUT2D eigenvalue weighted by atomic mass is 35.5. The lowest BCUT2D eigenvalue weighted by Gasteiger charge is -2.30. The molecule has 0 spiro atoms. The van der Waals surface area contributed by atoms with E-state index in [1.807, 2.05) is 0 Å². The van der Waals surface area contributed by atoms with Crippen LogP contribution in [0.5, 0.6) is 0 Å². The van der Waals surface area contributed by atoms with Gasteiger partial charge in [-0.3, -0.25) is 0 Å². The zero-order valence-corrected chi connectivity index (χ0v) is 10.1. The highest BCUT2D eigenvalue weighted by molar-refractivity contribution is 6.31. The van der Waals surface area contributed by atoms with Crippen LogP contribution in [0.1, 0.15) is 18.4 Å². The van der Waals surface area contributed by atoms with E-state index in [1.165, 1.54) is 18.2 Å². The molecule has 1 aliphatic heterocycles. The molecule has 1 aliphatic rings. The smallest absolute Gasteiger partial charge is 0.123 e. The fraction of sp³-hybridized carbons (Fsp3) is 0.462. The van der Waals surface area contributed by atoms with Gasteiger partial charge >= 0.3 is 0 Å². The molecule has 2 rings (SSSR count). The summed E-state index contributed by atoms with van der Waals surface area (Å²) in [6.45, 7) is 1.09. The van der Waals surface area contributed by atoms with Crippen LogP contribution in [0.4, 0.5) is 4.39 Å². The summed E-state index contributed by atoms with van der Waals surface area (Å²) in [5.74, 6) is -0.325. The lowest BCUT2D eigenvalue weighted by Crippen LogP contribution is -2.32. The van der Waals surface area contributed by atoms with Gasteiger partial charge < -0.3 is 4.74 Å². The first-order chi connectivity index (χ1) is 8.15. The van der Waals surface area contributed by atoms with Crippen LogP contribution in [0.3, 0.4) is 0 Å². The van der Waals surface area contributed by atoms with E-state index in [4.69, 9.17) is 16.3 Å². The minimum Gasteiger partial charge on any atom is -0.380 e. The van der Waals surface area contributed by atoms with Gasteiger partial charge in [-0.15, -0.1) is 0 Å². The number of hydrogen-bond acceptors (Lipinski definition) is 2. The number of hydrogen-bond donors (Lipinski definition) is 0. The van der Waals surface area contributed by atoms with Gasteiger partial charge in [0, 0.05) is 11.6 Å². The predicted molar refractivity (Wildman–Crippen MR) is 63.2 cm³/mol. The third kappa shape index (κ3) is 2.77. The standard InChI is InChI=1S/C13H13ClFNO/c14-12-3-2-11(15)6-10(12)7-13(8-16)4-1-5-17-9-13/h2-3,6H,1,4-5,7,9H2. The maximum Gasteiger partial charge on any atom is 0.123 e. The fourth-order valence-corrected chi connectivity index (χ4v) is 2.35. The highest BCUT2D eigenvalue weighted by Gasteiger charge is 2.33. The summed E-state index contributed by atoms with van der Waals surface area (Å²) < 4.78 is 18.5. The van der Waals surface area contributed by atoms with Crippen molar-refractivity contribution in [3.05, 3.63) is 34.6 Å². The van der Waals surface area contributed by atoms with Crippen molar-refractivity contribution in [1.82, 2.24) is 0 Å². The number of benzene rings is 1. The minimum atomic E-state index is -0.560. The molecule has 0 radical (unpaired) electrons. The zero-order valence-electron chi connectivity index (χ0n) is 9.38. The van der Waals surface area contributed by atoms with Crippen LogP contribution in [-0.4, -0.2) is 13.2 Å². The van der Waals surface area contributed by atoms with Crippen LogP contribution in [0.2, 0.25) is 5.02 Å². The second kappa shape index (κ2) is 5.03. The average molecular weight is 254 g/mol. The summed E-state index contributed by atoms with van der Waals surface area (Å²) in [6, 6.07) is 6.56. The highest BCUT2D eigenvalue weighted by Crippen LogP contribution is 2.34. The van der Waals surface area contributed by atoms with E-state index < -0.39 is 5.41 Å². The molecule has 2 nitrogen and oxygen atoms in total. The van der Waals surface area contributed by atoms with E-state index in [0.29, 0.717) is 30.2 Å². The summed E-state index contributed by atoms with van der Waals surface area (Å²) in [5, 5.41) is 9.80. The summed E-state index contributed by atoms with van der Waals surface area (Å²) in [4.78, 5) is 0. The van der Waals surface area contributed by atoms with Gasteiger partial charge in [-0.2, -0.15) is 5.26 Å². The molecule has 1 unspecified atom stereocenters. The molecule has 0 amide bonds. The lowest BCUT2D eigenvalue weighted by molar-refractivity contribution is 0.0223. The zero-order chi connectivity index (χ0) is 12.3. The summed E-state index contributed by atoms with van der Waals surface area (Å²) >= 11 is 6.02. The van der Waals surface area contributed by atoms with Crippen molar-refractivity contribution in [3.63, 3.8) is 0 Å². The number of rotatable bonds is 2. The Morgan fingerprint density at radius 2 is 2.35 bits per heavy atom. The van der Waals surface area contributed by atoms with Gasteiger partial charge in [0.25, 0.3) is 0 Å². The Labute approximate surface area is 105 Å². The molecule has 0 aliphatic carbocycles. The third-order valence-corrected chi connectivity index (χ3v) is 3.46. The largest absolute Gasteiger partial charge is 0.380 e. The summed E-state index contributed by atoms with van der Waals surface area (Å²) in [5.41, 5.74) is 0.120. The van der Waals surface area contributed by atoms with Gasteiger partial charge in [-0.25, -0.2) is 4.39 Å². The number of nitriles is 1. The first-order valence-electron chi connectivity index (χ1n) is 5.58. The van der Waals surface area contributed by atoms with Gasteiger partial charge in [0.2, 0.25) is 0 Å². The van der Waals surface area contributed by atoms with Gasteiger partial charge in [-0.05, 0) is 43.0 Å². The van der Waals surface area contributed by atoms with Crippen molar-refractivity contribution in [3.8, 4) is 6.07 Å². The van der Waals surface area contributed by atoms with E-state index in [-0.39, 0.29) is 5.82 Å². The fourth-order valence-electron chi connectivity index (χ4n) is 2.16. The quantitative estimate of drug-likeness (QED) is 0.810. The Balaban J connectivity index is 2.23. The molecule has 1 aromatic rings. The predicted octanol–water partition coefficient (Wildman–Crippen LogP) is 3.34. The first kappa shape index (κ1) is 12.3. The second-order valence-corrected chi connectivity index (χ2v) is 4.87. The first-order valence-corrected chi connectivity index (χ1v) is 5.96. The molecule has 0 aromatic heterocycles. The van der Waals surface area contributed by atoms with E-state index >= 15 is 0 Å². The van der Waals surface area contributed by atoms with Gasteiger partial charge in [-0.1, -0.05) is 11.6 Å². The van der Waals surface area contributed by atoms with Gasteiger partial charge in [0.1, 0.15) is 5.82 Å². The van der Waals surface area contributed by atoms with E-state index in [0.717, 1.165) is 12.8 Å². The van der Waals surface area contributed by atoms with Crippen molar-refractivity contribution < 1.29 is 9.13 Å². The Hall–Kier alpha value is -1.11. The minimum absolute atomic E-state index is 0.325. The van der Waals surface area contributed by atoms with Crippen molar-refractivity contribution in [2.24, 2.45) is 5.41 Å². The molecule has 0 N–H and O–H groups in total. The maximum atomic E-state index is 13.2. The molecular formula is C13H13ClFNO. The van der Waals surface area contributed by atoms with Crippen LogP contribution in [0.25, 0.3) is 0 Å². The topological polar surface area (TPSA) is 33.0 Å². The summed E-state index contributed by atoms with van der Waals surface area (Å²) in [7, 11) is 0. The molecule has 90 valence electrons. The Morgan fingerprint density at radius 1 is 1.53 bits per heavy atom. The normalized spacial score (nSPS) is 24.3. The molecule has 1 fully saturated rings. The van der Waals surface area contributed by atoms with E-state index in [9.17, 15) is 9.65 Å². The monoisotopic (exact) mass is 253 g/mol.